The Morgan fingerprint density at radius 3 is 2.79 bits per heavy atom. The lowest BCUT2D eigenvalue weighted by molar-refractivity contribution is -0.158. The van der Waals surface area contributed by atoms with Crippen LogP contribution in [-0.2, 0) is 16.0 Å². The molecular formula is C23H31NO4. The monoisotopic (exact) mass is 385 g/mol. The Bertz CT molecular complexity index is 778. The predicted molar refractivity (Wildman–Crippen MR) is 106 cm³/mol. The summed E-state index contributed by atoms with van der Waals surface area (Å²) in [6, 6.07) is 8.05. The zero-order chi connectivity index (χ0) is 19.9. The molecule has 28 heavy (non-hydrogen) atoms. The number of rotatable bonds is 5. The van der Waals surface area contributed by atoms with E-state index in [9.17, 15) is 14.7 Å². The van der Waals surface area contributed by atoms with Gasteiger partial charge in [0, 0.05) is 13.1 Å². The quantitative estimate of drug-likeness (QED) is 0.838. The maximum Gasteiger partial charge on any atom is 0.311 e. The lowest BCUT2D eigenvalue weighted by Crippen LogP contribution is -2.54. The molecule has 1 aliphatic heterocycles. The van der Waals surface area contributed by atoms with Crippen molar-refractivity contribution >= 4 is 11.9 Å². The fourth-order valence-electron chi connectivity index (χ4n) is 6.05. The van der Waals surface area contributed by atoms with E-state index in [0.29, 0.717) is 31.3 Å². The van der Waals surface area contributed by atoms with Crippen LogP contribution in [0.15, 0.2) is 24.3 Å². The molecule has 3 fully saturated rings. The van der Waals surface area contributed by atoms with Crippen LogP contribution in [0, 0.1) is 22.7 Å². The van der Waals surface area contributed by atoms with Crippen molar-refractivity contribution in [3.05, 3.63) is 29.8 Å². The number of carbonyl (C=O) groups excluding carboxylic acids is 1. The van der Waals surface area contributed by atoms with Gasteiger partial charge in [-0.3, -0.25) is 9.59 Å². The highest BCUT2D eigenvalue weighted by Crippen LogP contribution is 2.58. The lowest BCUT2D eigenvalue weighted by atomic mass is 9.67. The number of carbonyl (C=O) groups is 2. The molecule has 2 saturated carbocycles. The first-order chi connectivity index (χ1) is 13.4. The van der Waals surface area contributed by atoms with Gasteiger partial charge in [-0.15, -0.1) is 0 Å². The summed E-state index contributed by atoms with van der Waals surface area (Å²) in [5, 5.41) is 9.67. The van der Waals surface area contributed by atoms with Gasteiger partial charge in [0.05, 0.1) is 17.9 Å². The van der Waals surface area contributed by atoms with Crippen molar-refractivity contribution in [2.75, 3.05) is 20.2 Å². The van der Waals surface area contributed by atoms with E-state index in [4.69, 9.17) is 4.74 Å². The first-order valence-electron chi connectivity index (χ1n) is 10.5. The molecule has 4 rings (SSSR count). The minimum absolute atomic E-state index is 0.190. The van der Waals surface area contributed by atoms with Crippen LogP contribution >= 0.6 is 0 Å². The molecule has 5 heteroatoms. The number of carboxylic acids is 1. The second-order valence-electron chi connectivity index (χ2n) is 9.46. The number of hydrogen-bond acceptors (Lipinski definition) is 3. The number of methoxy groups -OCH3 is 1. The zero-order valence-corrected chi connectivity index (χ0v) is 16.9. The molecule has 1 N–H and O–H groups in total. The summed E-state index contributed by atoms with van der Waals surface area (Å²) < 4.78 is 5.38. The molecule has 3 aliphatic rings. The van der Waals surface area contributed by atoms with E-state index in [-0.39, 0.29) is 11.3 Å². The minimum atomic E-state index is -0.831. The van der Waals surface area contributed by atoms with Gasteiger partial charge < -0.3 is 14.7 Å². The Balaban J connectivity index is 1.63. The van der Waals surface area contributed by atoms with Crippen LogP contribution in [0.4, 0.5) is 0 Å². The number of nitrogens with zero attached hydrogens (tertiary/aromatic N) is 1. The van der Waals surface area contributed by atoms with Crippen molar-refractivity contribution in [2.45, 2.75) is 51.9 Å². The number of aliphatic carboxylic acids is 1. The Morgan fingerprint density at radius 2 is 2.14 bits per heavy atom. The average molecular weight is 386 g/mol. The Labute approximate surface area is 167 Å². The van der Waals surface area contributed by atoms with Gasteiger partial charge in [0.1, 0.15) is 5.75 Å². The highest BCUT2D eigenvalue weighted by molar-refractivity contribution is 5.85. The van der Waals surface area contributed by atoms with Crippen molar-refractivity contribution in [1.29, 1.82) is 0 Å². The van der Waals surface area contributed by atoms with E-state index in [1.165, 1.54) is 6.42 Å². The van der Waals surface area contributed by atoms with Crippen molar-refractivity contribution in [3.63, 3.8) is 0 Å². The number of benzene rings is 1. The van der Waals surface area contributed by atoms with Gasteiger partial charge in [0.2, 0.25) is 5.91 Å². The molecule has 1 aromatic carbocycles. The Hall–Kier alpha value is -2.04. The Morgan fingerprint density at radius 1 is 1.32 bits per heavy atom. The minimum Gasteiger partial charge on any atom is -0.497 e. The highest BCUT2D eigenvalue weighted by Gasteiger charge is 2.57. The summed E-state index contributed by atoms with van der Waals surface area (Å²) in [6.07, 6.45) is 6.55. The number of ether oxygens (including phenoxy) is 1. The maximum absolute atomic E-state index is 13.9. The number of piperidine rings is 1. The second kappa shape index (κ2) is 7.09. The molecule has 5 nitrogen and oxygen atoms in total. The third kappa shape index (κ3) is 3.19. The molecule has 0 radical (unpaired) electrons. The molecule has 152 valence electrons. The van der Waals surface area contributed by atoms with Crippen LogP contribution in [0.2, 0.25) is 0 Å². The second-order valence-corrected chi connectivity index (χ2v) is 9.46. The van der Waals surface area contributed by atoms with E-state index >= 15 is 0 Å². The van der Waals surface area contributed by atoms with E-state index in [2.05, 4.69) is 6.07 Å². The number of likely N-dealkylation sites (tertiary alicyclic amines) is 1. The molecule has 0 spiro atoms. The number of fused-ring (bicyclic) bond motifs is 2. The molecule has 0 aromatic heterocycles. The standard InChI is InChI=1S/C23H31NO4/c1-22(21(26)27)9-4-10-24(15-22)20(25)23(14-17-7-8-18(23)11-17)13-16-5-3-6-19(12-16)28-2/h3,5-6,12,17-18H,4,7-11,13-15H2,1-2H3,(H,26,27). The molecular weight excluding hydrogens is 354 g/mol. The SMILES string of the molecule is COc1cccc(CC2(C(=O)N3CCCC(C)(C(=O)O)C3)CC3CCC2C3)c1. The van der Waals surface area contributed by atoms with E-state index in [1.54, 1.807) is 14.0 Å². The third-order valence-electron chi connectivity index (χ3n) is 7.56. The number of amides is 1. The summed E-state index contributed by atoms with van der Waals surface area (Å²) in [6.45, 7) is 2.79. The molecule has 1 saturated heterocycles. The smallest absolute Gasteiger partial charge is 0.311 e. The van der Waals surface area contributed by atoms with Crippen LogP contribution in [0.25, 0.3) is 0 Å². The van der Waals surface area contributed by atoms with E-state index in [1.807, 2.05) is 23.1 Å². The van der Waals surface area contributed by atoms with Crippen molar-refractivity contribution in [2.24, 2.45) is 22.7 Å². The van der Waals surface area contributed by atoms with Gasteiger partial charge in [-0.2, -0.15) is 0 Å². The first-order valence-corrected chi connectivity index (χ1v) is 10.5. The molecule has 1 aromatic rings. The molecule has 2 bridgehead atoms. The summed E-state index contributed by atoms with van der Waals surface area (Å²) in [5.41, 5.74) is -0.0763. The summed E-state index contributed by atoms with van der Waals surface area (Å²) in [5.74, 6) is 1.26. The number of carboxylic acid groups (broad SMARTS) is 1. The topological polar surface area (TPSA) is 66.8 Å². The normalized spacial score (nSPS) is 34.4. The van der Waals surface area contributed by atoms with Crippen LogP contribution in [-0.4, -0.2) is 42.1 Å². The van der Waals surface area contributed by atoms with Crippen LogP contribution in [0.5, 0.6) is 5.75 Å². The summed E-state index contributed by atoms with van der Waals surface area (Å²) in [4.78, 5) is 27.5. The molecule has 4 unspecified atom stereocenters. The van der Waals surface area contributed by atoms with Crippen molar-refractivity contribution < 1.29 is 19.4 Å². The van der Waals surface area contributed by atoms with Gasteiger partial charge in [0.25, 0.3) is 0 Å². The zero-order valence-electron chi connectivity index (χ0n) is 16.9. The first kappa shape index (κ1) is 19.3. The van der Waals surface area contributed by atoms with Crippen LogP contribution in [0.1, 0.15) is 51.0 Å². The molecule has 1 heterocycles. The number of hydrogen-bond donors (Lipinski definition) is 1. The largest absolute Gasteiger partial charge is 0.497 e. The van der Waals surface area contributed by atoms with Crippen LogP contribution < -0.4 is 4.74 Å². The molecule has 2 aliphatic carbocycles. The van der Waals surface area contributed by atoms with Crippen molar-refractivity contribution in [1.82, 2.24) is 4.90 Å². The van der Waals surface area contributed by atoms with Gasteiger partial charge >= 0.3 is 5.97 Å². The van der Waals surface area contributed by atoms with Gasteiger partial charge in [-0.05, 0) is 75.0 Å². The van der Waals surface area contributed by atoms with Crippen LogP contribution in [0.3, 0.4) is 0 Å². The Kier molecular flexibility index (Phi) is 4.88. The highest BCUT2D eigenvalue weighted by atomic mass is 16.5. The summed E-state index contributed by atoms with van der Waals surface area (Å²) >= 11 is 0. The van der Waals surface area contributed by atoms with Gasteiger partial charge in [0.15, 0.2) is 0 Å². The van der Waals surface area contributed by atoms with E-state index < -0.39 is 11.4 Å². The van der Waals surface area contributed by atoms with E-state index in [0.717, 1.165) is 43.4 Å². The fraction of sp³-hybridized carbons (Fsp3) is 0.652. The average Bonchev–Trinajstić information content (AvgIpc) is 3.29. The molecule has 4 atom stereocenters. The fourth-order valence-corrected chi connectivity index (χ4v) is 6.05. The van der Waals surface area contributed by atoms with Gasteiger partial charge in [-0.25, -0.2) is 0 Å². The van der Waals surface area contributed by atoms with Gasteiger partial charge in [-0.1, -0.05) is 18.6 Å². The third-order valence-corrected chi connectivity index (χ3v) is 7.56. The predicted octanol–water partition coefficient (Wildman–Crippen LogP) is 3.76. The summed E-state index contributed by atoms with van der Waals surface area (Å²) in [7, 11) is 1.66. The van der Waals surface area contributed by atoms with Crippen molar-refractivity contribution in [3.8, 4) is 5.75 Å². The maximum atomic E-state index is 13.9. The lowest BCUT2D eigenvalue weighted by Gasteiger charge is -2.45. The molecule has 1 amide bonds.